The molecule has 0 bridgehead atoms. The van der Waals surface area contributed by atoms with Crippen molar-refractivity contribution in [3.63, 3.8) is 0 Å². The van der Waals surface area contributed by atoms with Gasteiger partial charge in [-0.05, 0) is 142 Å². The van der Waals surface area contributed by atoms with Crippen LogP contribution in [-0.4, -0.2) is 59.9 Å². The zero-order chi connectivity index (χ0) is 38.1. The highest BCUT2D eigenvalue weighted by molar-refractivity contribution is 9.10. The first-order chi connectivity index (χ1) is 22.7. The first-order valence-corrected chi connectivity index (χ1v) is 17.7. The van der Waals surface area contributed by atoms with E-state index in [-0.39, 0.29) is 6.61 Å². The highest BCUT2D eigenvalue weighted by Crippen LogP contribution is 2.42. The van der Waals surface area contributed by atoms with Crippen LogP contribution in [0.3, 0.4) is 0 Å². The molecule has 1 fully saturated rings. The number of nitrogens with zero attached hydrogens (tertiary/aromatic N) is 1. The van der Waals surface area contributed by atoms with Crippen molar-refractivity contribution in [3.8, 4) is 11.3 Å². The molecule has 0 radical (unpaired) electrons. The lowest BCUT2D eigenvalue weighted by atomic mass is 9.86. The Morgan fingerprint density at radius 1 is 0.680 bits per heavy atom. The maximum atomic E-state index is 13.6. The molecule has 0 aliphatic carbocycles. The molecule has 1 aliphatic rings. The zero-order valence-electron chi connectivity index (χ0n) is 32.0. The number of carbonyl (C=O) groups is 4. The third-order valence-electron chi connectivity index (χ3n) is 8.08. The van der Waals surface area contributed by atoms with Gasteiger partial charge < -0.3 is 23.7 Å². The molecule has 10 nitrogen and oxygen atoms in total. The molecule has 1 aromatic heterocycles. The van der Waals surface area contributed by atoms with Gasteiger partial charge in [0.2, 0.25) is 0 Å². The number of benzene rings is 1. The molecule has 1 aromatic carbocycles. The molecule has 3 rings (SSSR count). The third kappa shape index (κ3) is 10.1. The standard InChI is InChI=1S/C39H54BrNO9/c1-21-19-23(26-18-17-25(40)22(2)41-26)15-16-24(21)28-30(49-34(44)38(9,10)11)31(50-35(45)39(12,13)14)29(48-33(43)37(6,7)8)27(47-28)20-46-32(42)36(3,4)5/h15-19,27-31H,20H2,1-14H3/t27-,28-,29-,30-,31-/m1/s1. The van der Waals surface area contributed by atoms with Gasteiger partial charge in [-0.3, -0.25) is 24.2 Å². The van der Waals surface area contributed by atoms with Crippen LogP contribution in [0.15, 0.2) is 34.8 Å². The fourth-order valence-corrected chi connectivity index (χ4v) is 5.06. The van der Waals surface area contributed by atoms with Crippen molar-refractivity contribution in [3.05, 3.63) is 51.6 Å². The first-order valence-electron chi connectivity index (χ1n) is 16.9. The van der Waals surface area contributed by atoms with E-state index in [9.17, 15) is 19.2 Å². The third-order valence-corrected chi connectivity index (χ3v) is 8.92. The topological polar surface area (TPSA) is 127 Å². The molecule has 1 saturated heterocycles. The molecule has 0 amide bonds. The lowest BCUT2D eigenvalue weighted by Gasteiger charge is -2.46. The minimum absolute atomic E-state index is 0.322. The van der Waals surface area contributed by atoms with E-state index >= 15 is 0 Å². The highest BCUT2D eigenvalue weighted by atomic mass is 79.9. The van der Waals surface area contributed by atoms with Gasteiger partial charge in [-0.2, -0.15) is 0 Å². The van der Waals surface area contributed by atoms with Gasteiger partial charge in [0.05, 0.1) is 33.0 Å². The largest absolute Gasteiger partial charge is 0.462 e. The van der Waals surface area contributed by atoms with Crippen LogP contribution in [0.25, 0.3) is 11.3 Å². The number of carbonyl (C=O) groups excluding carboxylic acids is 4. The summed E-state index contributed by atoms with van der Waals surface area (Å²) in [6.45, 7) is 23.9. The molecule has 276 valence electrons. The van der Waals surface area contributed by atoms with Crippen molar-refractivity contribution in [1.82, 2.24) is 4.98 Å². The van der Waals surface area contributed by atoms with Gasteiger partial charge in [-0.15, -0.1) is 0 Å². The van der Waals surface area contributed by atoms with Crippen molar-refractivity contribution in [2.24, 2.45) is 21.7 Å². The van der Waals surface area contributed by atoms with Crippen molar-refractivity contribution >= 4 is 39.8 Å². The maximum absolute atomic E-state index is 13.6. The Hall–Kier alpha value is -3.31. The molecule has 0 spiro atoms. The molecule has 5 atom stereocenters. The minimum Gasteiger partial charge on any atom is -0.462 e. The lowest BCUT2D eigenvalue weighted by Crippen LogP contribution is -2.61. The summed E-state index contributed by atoms with van der Waals surface area (Å²) in [6.07, 6.45) is -6.00. The molecule has 2 heterocycles. The fourth-order valence-electron chi connectivity index (χ4n) is 4.84. The summed E-state index contributed by atoms with van der Waals surface area (Å²) in [5.74, 6) is -2.28. The molecule has 0 saturated carbocycles. The van der Waals surface area contributed by atoms with E-state index in [1.807, 2.05) is 44.2 Å². The van der Waals surface area contributed by atoms with E-state index < -0.39 is 76.1 Å². The number of halogens is 1. The molecule has 0 N–H and O–H groups in total. The van der Waals surface area contributed by atoms with Crippen molar-refractivity contribution in [1.29, 1.82) is 0 Å². The van der Waals surface area contributed by atoms with Gasteiger partial charge in [-0.25, -0.2) is 0 Å². The molecule has 2 aromatic rings. The molecule has 1 aliphatic heterocycles. The van der Waals surface area contributed by atoms with Gasteiger partial charge in [0, 0.05) is 10.0 Å². The Kier molecular flexibility index (Phi) is 12.4. The van der Waals surface area contributed by atoms with Crippen molar-refractivity contribution in [2.45, 2.75) is 127 Å². The number of pyridine rings is 1. The Balaban J connectivity index is 2.26. The second-order valence-electron chi connectivity index (χ2n) is 17.1. The molecular weight excluding hydrogens is 706 g/mol. The number of hydrogen-bond donors (Lipinski definition) is 0. The van der Waals surface area contributed by atoms with Crippen LogP contribution in [0.5, 0.6) is 0 Å². The maximum Gasteiger partial charge on any atom is 0.311 e. The number of hydrogen-bond acceptors (Lipinski definition) is 10. The van der Waals surface area contributed by atoms with Gasteiger partial charge >= 0.3 is 23.9 Å². The summed E-state index contributed by atoms with van der Waals surface area (Å²) >= 11 is 3.50. The monoisotopic (exact) mass is 759 g/mol. The van der Waals surface area contributed by atoms with Gasteiger partial charge in [0.15, 0.2) is 18.3 Å². The van der Waals surface area contributed by atoms with Crippen LogP contribution in [0, 0.1) is 35.5 Å². The van der Waals surface area contributed by atoms with Gasteiger partial charge in [0.1, 0.15) is 18.8 Å². The van der Waals surface area contributed by atoms with E-state index in [1.165, 1.54) is 0 Å². The molecule has 0 unspecified atom stereocenters. The molecule has 11 heteroatoms. The number of rotatable bonds is 7. The molecular formula is C39H54BrNO9. The lowest BCUT2D eigenvalue weighted by molar-refractivity contribution is -0.262. The Bertz CT molecular complexity index is 1590. The van der Waals surface area contributed by atoms with Crippen LogP contribution < -0.4 is 0 Å². The van der Waals surface area contributed by atoms with E-state index in [0.717, 1.165) is 27.0 Å². The predicted molar refractivity (Wildman–Crippen MR) is 193 cm³/mol. The quantitative estimate of drug-likeness (QED) is 0.202. The van der Waals surface area contributed by atoms with Crippen LogP contribution >= 0.6 is 15.9 Å². The first kappa shape index (κ1) is 41.1. The normalized spacial score (nSPS) is 21.6. The number of aryl methyl sites for hydroxylation is 2. The van der Waals surface area contributed by atoms with Crippen molar-refractivity contribution in [2.75, 3.05) is 6.61 Å². The fraction of sp³-hybridized carbons (Fsp3) is 0.615. The van der Waals surface area contributed by atoms with Crippen LogP contribution in [-0.2, 0) is 42.9 Å². The summed E-state index contributed by atoms with van der Waals surface area (Å²) in [5, 5.41) is 0. The van der Waals surface area contributed by atoms with E-state index in [4.69, 9.17) is 28.7 Å². The summed E-state index contributed by atoms with van der Waals surface area (Å²) in [4.78, 5) is 58.4. The van der Waals surface area contributed by atoms with Gasteiger partial charge in [0.25, 0.3) is 0 Å². The second kappa shape index (κ2) is 15.1. The number of aromatic nitrogens is 1. The van der Waals surface area contributed by atoms with E-state index in [2.05, 4.69) is 15.9 Å². The predicted octanol–water partition coefficient (Wildman–Crippen LogP) is 8.03. The molecule has 50 heavy (non-hydrogen) atoms. The highest BCUT2D eigenvalue weighted by Gasteiger charge is 2.55. The zero-order valence-corrected chi connectivity index (χ0v) is 33.6. The summed E-state index contributed by atoms with van der Waals surface area (Å²) in [7, 11) is 0. The van der Waals surface area contributed by atoms with Gasteiger partial charge in [-0.1, -0.05) is 12.1 Å². The SMILES string of the molecule is Cc1cc(-c2ccc(Br)c(C)n2)ccc1[C@H]1O[C@H](COC(=O)C(C)(C)C)[C@@H](OC(=O)C(C)(C)C)[C@@H](OC(=O)C(C)(C)C)[C@@H]1OC(=O)C(C)(C)C. The van der Waals surface area contributed by atoms with E-state index in [0.29, 0.717) is 5.56 Å². The smallest absolute Gasteiger partial charge is 0.311 e. The Morgan fingerprint density at radius 2 is 1.16 bits per heavy atom. The van der Waals surface area contributed by atoms with Crippen LogP contribution in [0.2, 0.25) is 0 Å². The average molecular weight is 761 g/mol. The summed E-state index contributed by atoms with van der Waals surface area (Å²) in [6, 6.07) is 9.54. The number of esters is 4. The Labute approximate surface area is 305 Å². The van der Waals surface area contributed by atoms with Crippen LogP contribution in [0.1, 0.15) is 106 Å². The number of ether oxygens (including phenoxy) is 5. The second-order valence-corrected chi connectivity index (χ2v) is 18.0. The summed E-state index contributed by atoms with van der Waals surface area (Å²) in [5.41, 5.74) is 0.174. The average Bonchev–Trinajstić information content (AvgIpc) is 2.97. The minimum atomic E-state index is -1.33. The van der Waals surface area contributed by atoms with Crippen LogP contribution in [0.4, 0.5) is 0 Å². The van der Waals surface area contributed by atoms with Crippen molar-refractivity contribution < 1.29 is 42.9 Å². The van der Waals surface area contributed by atoms with E-state index in [1.54, 1.807) is 83.1 Å². The Morgan fingerprint density at radius 3 is 1.62 bits per heavy atom. The summed E-state index contributed by atoms with van der Waals surface area (Å²) < 4.78 is 31.8.